The molecule has 162 valence electrons. The fourth-order valence-corrected chi connectivity index (χ4v) is 4.13. The molecule has 1 saturated carbocycles. The lowest BCUT2D eigenvalue weighted by atomic mass is 10.1. The topological polar surface area (TPSA) is 56.0 Å². The summed E-state index contributed by atoms with van der Waals surface area (Å²) in [4.78, 5) is 15.3. The maximum absolute atomic E-state index is 13.5. The van der Waals surface area contributed by atoms with Crippen LogP contribution in [0.3, 0.4) is 0 Å². The number of carbonyl (C=O) groups is 1. The van der Waals surface area contributed by atoms with Gasteiger partial charge in [0.2, 0.25) is 0 Å². The van der Waals surface area contributed by atoms with E-state index in [4.69, 9.17) is 10.2 Å². The van der Waals surface area contributed by atoms with Gasteiger partial charge in [0, 0.05) is 30.8 Å². The fraction of sp³-hybridized carbons (Fsp3) is 0.269. The first kappa shape index (κ1) is 20.2. The predicted octanol–water partition coefficient (Wildman–Crippen LogP) is 4.82. The Morgan fingerprint density at radius 3 is 2.12 bits per heavy atom. The van der Waals surface area contributed by atoms with Crippen LogP contribution in [-0.2, 0) is 6.54 Å². The Morgan fingerprint density at radius 1 is 0.938 bits per heavy atom. The molecule has 2 aromatic heterocycles. The first-order chi connectivity index (χ1) is 15.5. The van der Waals surface area contributed by atoms with Gasteiger partial charge >= 0.3 is 0 Å². The molecule has 5 rings (SSSR count). The molecule has 32 heavy (non-hydrogen) atoms. The van der Waals surface area contributed by atoms with Gasteiger partial charge in [-0.15, -0.1) is 0 Å². The average molecular weight is 426 g/mol. The van der Waals surface area contributed by atoms with Gasteiger partial charge in [-0.2, -0.15) is 10.2 Å². The van der Waals surface area contributed by atoms with Crippen molar-refractivity contribution in [1.82, 2.24) is 24.5 Å². The van der Waals surface area contributed by atoms with Crippen LogP contribution < -0.4 is 0 Å². The van der Waals surface area contributed by atoms with Crippen molar-refractivity contribution < 1.29 is 4.79 Å². The van der Waals surface area contributed by atoms with Crippen molar-refractivity contribution in [1.29, 1.82) is 0 Å². The Hall–Kier alpha value is -3.67. The number of benzene rings is 2. The van der Waals surface area contributed by atoms with Gasteiger partial charge in [-0.1, -0.05) is 36.4 Å². The minimum Gasteiger partial charge on any atom is -0.336 e. The summed E-state index contributed by atoms with van der Waals surface area (Å²) >= 11 is 0. The van der Waals surface area contributed by atoms with Gasteiger partial charge in [0.1, 0.15) is 5.69 Å². The van der Waals surface area contributed by atoms with E-state index < -0.39 is 0 Å². The predicted molar refractivity (Wildman–Crippen MR) is 124 cm³/mol. The van der Waals surface area contributed by atoms with Crippen LogP contribution in [0.2, 0.25) is 0 Å². The second kappa shape index (κ2) is 8.11. The summed E-state index contributed by atoms with van der Waals surface area (Å²) in [6.07, 6.45) is 2.29. The summed E-state index contributed by atoms with van der Waals surface area (Å²) < 4.78 is 3.74. The molecule has 1 aliphatic carbocycles. The summed E-state index contributed by atoms with van der Waals surface area (Å²) in [7, 11) is 1.85. The third kappa shape index (κ3) is 3.73. The van der Waals surface area contributed by atoms with Crippen LogP contribution in [0.4, 0.5) is 0 Å². The molecule has 0 saturated heterocycles. The van der Waals surface area contributed by atoms with Gasteiger partial charge < -0.3 is 4.90 Å². The number of aromatic nitrogens is 4. The average Bonchev–Trinajstić information content (AvgIpc) is 3.52. The number of aryl methyl sites for hydroxylation is 1. The van der Waals surface area contributed by atoms with Crippen molar-refractivity contribution in [3.63, 3.8) is 0 Å². The van der Waals surface area contributed by atoms with Gasteiger partial charge in [0.05, 0.1) is 22.8 Å². The van der Waals surface area contributed by atoms with Gasteiger partial charge in [-0.25, -0.2) is 9.36 Å². The van der Waals surface area contributed by atoms with Crippen molar-refractivity contribution in [2.24, 2.45) is 0 Å². The highest BCUT2D eigenvalue weighted by atomic mass is 16.2. The summed E-state index contributed by atoms with van der Waals surface area (Å²) in [5.41, 5.74) is 6.58. The van der Waals surface area contributed by atoms with Crippen molar-refractivity contribution in [3.8, 4) is 11.4 Å². The monoisotopic (exact) mass is 425 g/mol. The molecule has 1 amide bonds. The quantitative estimate of drug-likeness (QED) is 0.445. The number of amides is 1. The number of hydrogen-bond donors (Lipinski definition) is 0. The van der Waals surface area contributed by atoms with Crippen LogP contribution in [0.1, 0.15) is 51.9 Å². The molecular weight excluding hydrogens is 398 g/mol. The minimum absolute atomic E-state index is 0.0421. The molecular formula is C26H27N5O. The zero-order valence-electron chi connectivity index (χ0n) is 18.7. The summed E-state index contributed by atoms with van der Waals surface area (Å²) in [5, 5.41) is 9.51. The zero-order chi connectivity index (χ0) is 22.2. The molecule has 0 aliphatic heterocycles. The lowest BCUT2D eigenvalue weighted by Gasteiger charge is -2.18. The lowest BCUT2D eigenvalue weighted by molar-refractivity contribution is 0.0775. The SMILES string of the molecule is Cc1nn(-c2ccccc2)c(C)c1CN(C)C(=O)c1cc(C2CC2)nn1-c1ccccc1. The fourth-order valence-electron chi connectivity index (χ4n) is 4.13. The first-order valence-corrected chi connectivity index (χ1v) is 11.0. The highest BCUT2D eigenvalue weighted by molar-refractivity contribution is 5.93. The van der Waals surface area contributed by atoms with Crippen LogP contribution in [-0.4, -0.2) is 37.4 Å². The third-order valence-electron chi connectivity index (χ3n) is 6.13. The maximum atomic E-state index is 13.5. The van der Waals surface area contributed by atoms with E-state index in [2.05, 4.69) is 6.92 Å². The Labute approximate surface area is 188 Å². The maximum Gasteiger partial charge on any atom is 0.272 e. The first-order valence-electron chi connectivity index (χ1n) is 11.0. The number of nitrogens with zero attached hydrogens (tertiary/aromatic N) is 5. The Kier molecular flexibility index (Phi) is 5.13. The molecule has 1 fully saturated rings. The van der Waals surface area contributed by atoms with Gasteiger partial charge in [-0.05, 0) is 57.0 Å². The van der Waals surface area contributed by atoms with Crippen LogP contribution in [0, 0.1) is 13.8 Å². The van der Waals surface area contributed by atoms with E-state index >= 15 is 0 Å². The van der Waals surface area contributed by atoms with Gasteiger partial charge in [-0.3, -0.25) is 4.79 Å². The van der Waals surface area contributed by atoms with Crippen LogP contribution in [0.25, 0.3) is 11.4 Å². The van der Waals surface area contributed by atoms with Gasteiger partial charge in [0.25, 0.3) is 5.91 Å². The smallest absolute Gasteiger partial charge is 0.272 e. The van der Waals surface area contributed by atoms with Crippen molar-refractivity contribution in [3.05, 3.63) is 95.1 Å². The molecule has 0 radical (unpaired) electrons. The normalized spacial score (nSPS) is 13.3. The second-order valence-corrected chi connectivity index (χ2v) is 8.53. The van der Waals surface area contributed by atoms with Crippen molar-refractivity contribution in [2.45, 2.75) is 39.2 Å². The molecule has 1 aliphatic rings. The molecule has 0 unspecified atom stereocenters. The Balaban J connectivity index is 1.45. The van der Waals surface area contributed by atoms with Crippen molar-refractivity contribution >= 4 is 5.91 Å². The number of carbonyl (C=O) groups excluding carboxylic acids is 1. The largest absolute Gasteiger partial charge is 0.336 e. The van der Waals surface area contributed by atoms with E-state index in [1.807, 2.05) is 85.4 Å². The number of hydrogen-bond acceptors (Lipinski definition) is 3. The Morgan fingerprint density at radius 2 is 1.53 bits per heavy atom. The molecule has 0 N–H and O–H groups in total. The van der Waals surface area contributed by atoms with Crippen LogP contribution in [0.15, 0.2) is 66.7 Å². The van der Waals surface area contributed by atoms with Crippen molar-refractivity contribution in [2.75, 3.05) is 7.05 Å². The number of para-hydroxylation sites is 2. The summed E-state index contributed by atoms with van der Waals surface area (Å²) in [6.45, 7) is 4.54. The van der Waals surface area contributed by atoms with Gasteiger partial charge in [0.15, 0.2) is 0 Å². The lowest BCUT2D eigenvalue weighted by Crippen LogP contribution is -2.28. The molecule has 2 heterocycles. The molecule has 6 nitrogen and oxygen atoms in total. The second-order valence-electron chi connectivity index (χ2n) is 8.53. The van der Waals surface area contributed by atoms with E-state index in [1.54, 1.807) is 9.58 Å². The van der Waals surface area contributed by atoms with E-state index in [0.29, 0.717) is 18.2 Å². The van der Waals surface area contributed by atoms with E-state index in [1.165, 1.54) is 0 Å². The van der Waals surface area contributed by atoms with Crippen LogP contribution in [0.5, 0.6) is 0 Å². The molecule has 4 aromatic rings. The molecule has 2 aromatic carbocycles. The van der Waals surface area contributed by atoms with E-state index in [-0.39, 0.29) is 5.91 Å². The number of rotatable bonds is 6. The standard InChI is InChI=1S/C26H27N5O/c1-18-23(19(2)30(27-18)21-10-6-4-7-11-21)17-29(3)26(32)25-16-24(20-14-15-20)28-31(25)22-12-8-5-9-13-22/h4-13,16,20H,14-15,17H2,1-3H3. The highest BCUT2D eigenvalue weighted by Gasteiger charge is 2.30. The summed E-state index contributed by atoms with van der Waals surface area (Å²) in [5.74, 6) is 0.435. The molecule has 0 atom stereocenters. The highest BCUT2D eigenvalue weighted by Crippen LogP contribution is 2.40. The molecule has 6 heteroatoms. The van der Waals surface area contributed by atoms with Crippen LogP contribution >= 0.6 is 0 Å². The van der Waals surface area contributed by atoms with E-state index in [9.17, 15) is 4.79 Å². The minimum atomic E-state index is -0.0421. The molecule has 0 spiro atoms. The Bertz CT molecular complexity index is 1250. The molecule has 0 bridgehead atoms. The summed E-state index contributed by atoms with van der Waals surface area (Å²) in [6, 6.07) is 21.9. The zero-order valence-corrected chi connectivity index (χ0v) is 18.7. The third-order valence-corrected chi connectivity index (χ3v) is 6.13. The van der Waals surface area contributed by atoms with E-state index in [0.717, 1.165) is 46.9 Å².